The number of hydrogen-bond donors (Lipinski definition) is 3. The molecule has 0 amide bonds. The van der Waals surface area contributed by atoms with E-state index in [4.69, 9.17) is 11.5 Å². The third kappa shape index (κ3) is 3.67. The molecule has 0 spiro atoms. The number of hydrogen-bond acceptors (Lipinski definition) is 6. The largest absolute Gasteiger partial charge is 0.477 e. The molecule has 1 aromatic heterocycles. The van der Waals surface area contributed by atoms with Crippen molar-refractivity contribution in [3.63, 3.8) is 0 Å². The number of carboxylic acids is 1. The fourth-order valence-electron chi connectivity index (χ4n) is 3.47. The monoisotopic (exact) mass is 408 g/mol. The molecule has 0 radical (unpaired) electrons. The number of aromatic carboxylic acids is 1. The Hall–Kier alpha value is -3.01. The maximum atomic E-state index is 15.6. The number of fused-ring (bicyclic) bond motifs is 1. The van der Waals surface area contributed by atoms with Gasteiger partial charge in [-0.15, -0.1) is 0 Å². The Kier molecular flexibility index (Phi) is 5.31. The van der Waals surface area contributed by atoms with Gasteiger partial charge in [0, 0.05) is 24.8 Å². The number of carbonyl (C=O) groups excluding carboxylic acids is 1. The van der Waals surface area contributed by atoms with Crippen molar-refractivity contribution in [1.29, 1.82) is 0 Å². The predicted octanol–water partition coefficient (Wildman–Crippen LogP) is 1.64. The second-order valence-corrected chi connectivity index (χ2v) is 7.49. The van der Waals surface area contributed by atoms with E-state index in [0.29, 0.717) is 12.8 Å². The van der Waals surface area contributed by atoms with E-state index in [-0.39, 0.29) is 30.4 Å². The van der Waals surface area contributed by atoms with Gasteiger partial charge in [0.15, 0.2) is 11.6 Å². The molecular weight excluding hydrogens is 386 g/mol. The SMILES string of the molecule is CC(=O)CN(C[C@@H](C)N)c1c(F)c(N)c2c(=O)c(C(=O)O)cn(C3CC3)c2c1F. The number of nitrogens with zero attached hydrogens (tertiary/aromatic N) is 2. The number of ketones is 1. The molecule has 1 heterocycles. The van der Waals surface area contributed by atoms with Crippen LogP contribution in [0.15, 0.2) is 11.0 Å². The van der Waals surface area contributed by atoms with Crippen LogP contribution in [-0.2, 0) is 4.79 Å². The van der Waals surface area contributed by atoms with E-state index < -0.39 is 51.4 Å². The first-order valence-corrected chi connectivity index (χ1v) is 9.13. The van der Waals surface area contributed by atoms with Gasteiger partial charge in [0.2, 0.25) is 5.43 Å². The van der Waals surface area contributed by atoms with Gasteiger partial charge in [-0.25, -0.2) is 13.6 Å². The number of nitrogen functional groups attached to an aromatic ring is 1. The van der Waals surface area contributed by atoms with E-state index in [9.17, 15) is 19.5 Å². The number of Topliss-reactive ketones (excluding diaryl/α,β-unsaturated/α-hetero) is 1. The number of anilines is 2. The highest BCUT2D eigenvalue weighted by Gasteiger charge is 2.33. The molecule has 1 atom stereocenters. The van der Waals surface area contributed by atoms with Gasteiger partial charge in [-0.05, 0) is 26.7 Å². The summed E-state index contributed by atoms with van der Waals surface area (Å²) in [5.41, 5.74) is 8.48. The van der Waals surface area contributed by atoms with Gasteiger partial charge >= 0.3 is 5.97 Å². The molecule has 0 aliphatic heterocycles. The number of halogens is 2. The quantitative estimate of drug-likeness (QED) is 0.593. The fourth-order valence-corrected chi connectivity index (χ4v) is 3.47. The van der Waals surface area contributed by atoms with E-state index in [0.717, 1.165) is 11.1 Å². The molecule has 1 aromatic carbocycles. The van der Waals surface area contributed by atoms with Crippen LogP contribution >= 0.6 is 0 Å². The van der Waals surface area contributed by atoms with Crippen LogP contribution < -0.4 is 21.8 Å². The van der Waals surface area contributed by atoms with Gasteiger partial charge in [-0.3, -0.25) is 9.59 Å². The Labute approximate surface area is 164 Å². The molecule has 1 fully saturated rings. The maximum Gasteiger partial charge on any atom is 0.341 e. The van der Waals surface area contributed by atoms with Crippen LogP contribution in [0.1, 0.15) is 43.1 Å². The minimum Gasteiger partial charge on any atom is -0.477 e. The van der Waals surface area contributed by atoms with Gasteiger partial charge in [0.1, 0.15) is 17.0 Å². The van der Waals surface area contributed by atoms with E-state index in [1.807, 2.05) is 0 Å². The summed E-state index contributed by atoms with van der Waals surface area (Å²) in [7, 11) is 0. The molecule has 8 nitrogen and oxygen atoms in total. The summed E-state index contributed by atoms with van der Waals surface area (Å²) in [4.78, 5) is 36.9. The standard InChI is InChI=1S/C19H22F2N4O4/c1-8(22)5-24(6-9(2)26)17-13(20)15(23)12-16(14(17)21)25(10-3-4-10)7-11(18(12)27)19(28)29/h7-8,10H,3-6,22-23H2,1-2H3,(H,28,29)/t8-/m1/s1. The molecule has 1 aliphatic carbocycles. The molecule has 156 valence electrons. The number of rotatable bonds is 7. The average Bonchev–Trinajstić information content (AvgIpc) is 3.43. The Bertz CT molecular complexity index is 1080. The zero-order chi connectivity index (χ0) is 21.6. The summed E-state index contributed by atoms with van der Waals surface area (Å²) in [6.07, 6.45) is 2.37. The van der Waals surface area contributed by atoms with Crippen LogP contribution in [0.5, 0.6) is 0 Å². The van der Waals surface area contributed by atoms with Crippen LogP contribution in [0.25, 0.3) is 10.9 Å². The van der Waals surface area contributed by atoms with Crippen LogP contribution in [0, 0.1) is 11.6 Å². The molecule has 1 saturated carbocycles. The summed E-state index contributed by atoms with van der Waals surface area (Å²) in [5, 5.41) is 8.81. The summed E-state index contributed by atoms with van der Waals surface area (Å²) in [6, 6.07) is -0.733. The molecule has 29 heavy (non-hydrogen) atoms. The first-order chi connectivity index (χ1) is 13.5. The Morgan fingerprint density at radius 3 is 2.45 bits per heavy atom. The summed E-state index contributed by atoms with van der Waals surface area (Å²) in [6.45, 7) is 2.56. The lowest BCUT2D eigenvalue weighted by atomic mass is 10.1. The van der Waals surface area contributed by atoms with Crippen molar-refractivity contribution in [3.05, 3.63) is 33.6 Å². The fraction of sp³-hybridized carbons (Fsp3) is 0.421. The minimum atomic E-state index is -1.51. The summed E-state index contributed by atoms with van der Waals surface area (Å²) in [5.74, 6) is -4.15. The highest BCUT2D eigenvalue weighted by atomic mass is 19.1. The first kappa shape index (κ1) is 20.7. The topological polar surface area (TPSA) is 132 Å². The van der Waals surface area contributed by atoms with Crippen molar-refractivity contribution in [2.45, 2.75) is 38.8 Å². The number of aromatic nitrogens is 1. The highest BCUT2D eigenvalue weighted by molar-refractivity contribution is 6.00. The average molecular weight is 408 g/mol. The van der Waals surface area contributed by atoms with E-state index in [1.54, 1.807) is 6.92 Å². The Morgan fingerprint density at radius 1 is 1.34 bits per heavy atom. The van der Waals surface area contributed by atoms with E-state index >= 15 is 8.78 Å². The van der Waals surface area contributed by atoms with Crippen molar-refractivity contribution in [2.75, 3.05) is 23.7 Å². The first-order valence-electron chi connectivity index (χ1n) is 9.13. The zero-order valence-corrected chi connectivity index (χ0v) is 16.0. The Morgan fingerprint density at radius 2 is 1.97 bits per heavy atom. The van der Waals surface area contributed by atoms with Crippen LogP contribution in [-0.4, -0.2) is 40.6 Å². The maximum absolute atomic E-state index is 15.6. The molecule has 0 unspecified atom stereocenters. The molecule has 3 rings (SSSR count). The smallest absolute Gasteiger partial charge is 0.341 e. The van der Waals surface area contributed by atoms with Crippen LogP contribution in [0.4, 0.5) is 20.2 Å². The number of benzene rings is 1. The highest BCUT2D eigenvalue weighted by Crippen LogP contribution is 2.41. The molecule has 0 saturated heterocycles. The van der Waals surface area contributed by atoms with Crippen molar-refractivity contribution in [2.24, 2.45) is 5.73 Å². The minimum absolute atomic E-state index is 0.0285. The van der Waals surface area contributed by atoms with E-state index in [1.165, 1.54) is 11.5 Å². The second-order valence-electron chi connectivity index (χ2n) is 7.49. The van der Waals surface area contributed by atoms with Crippen molar-refractivity contribution < 1.29 is 23.5 Å². The molecular formula is C19H22F2N4O4. The van der Waals surface area contributed by atoms with Crippen LogP contribution in [0.2, 0.25) is 0 Å². The lowest BCUT2D eigenvalue weighted by Gasteiger charge is -2.28. The van der Waals surface area contributed by atoms with Crippen LogP contribution in [0.3, 0.4) is 0 Å². The Balaban J connectivity index is 2.41. The third-order valence-corrected chi connectivity index (χ3v) is 4.77. The number of carbonyl (C=O) groups is 2. The van der Waals surface area contributed by atoms with Gasteiger partial charge in [-0.2, -0.15) is 0 Å². The molecule has 10 heteroatoms. The number of nitrogens with two attached hydrogens (primary N) is 2. The van der Waals surface area contributed by atoms with Gasteiger partial charge < -0.3 is 26.0 Å². The normalized spacial score (nSPS) is 14.8. The lowest BCUT2D eigenvalue weighted by molar-refractivity contribution is -0.115. The summed E-state index contributed by atoms with van der Waals surface area (Å²) >= 11 is 0. The van der Waals surface area contributed by atoms with Crippen molar-refractivity contribution in [3.8, 4) is 0 Å². The second kappa shape index (κ2) is 7.43. The molecule has 0 bridgehead atoms. The third-order valence-electron chi connectivity index (χ3n) is 4.77. The van der Waals surface area contributed by atoms with Crippen molar-refractivity contribution >= 4 is 34.0 Å². The van der Waals surface area contributed by atoms with Gasteiger partial charge in [-0.1, -0.05) is 0 Å². The molecule has 5 N–H and O–H groups in total. The predicted molar refractivity (Wildman–Crippen MR) is 104 cm³/mol. The molecule has 1 aliphatic rings. The zero-order valence-electron chi connectivity index (χ0n) is 16.0. The number of carboxylic acid groups (broad SMARTS) is 1. The van der Waals surface area contributed by atoms with Gasteiger partial charge in [0.05, 0.1) is 23.1 Å². The lowest BCUT2D eigenvalue weighted by Crippen LogP contribution is -2.39. The van der Waals surface area contributed by atoms with Gasteiger partial charge in [0.25, 0.3) is 0 Å². The summed E-state index contributed by atoms with van der Waals surface area (Å²) < 4.78 is 32.1. The number of pyridine rings is 1. The molecule has 2 aromatic rings. The van der Waals surface area contributed by atoms with E-state index in [2.05, 4.69) is 0 Å². The van der Waals surface area contributed by atoms with Crippen molar-refractivity contribution in [1.82, 2.24) is 4.57 Å².